The molecular formula is C10H15N3O2. The molecule has 0 aliphatic rings. The number of hydrogen-bond donors (Lipinski definition) is 2. The van der Waals surface area contributed by atoms with Crippen LogP contribution in [0.25, 0.3) is 0 Å². The lowest BCUT2D eigenvalue weighted by molar-refractivity contribution is 0.0980. The van der Waals surface area contributed by atoms with Gasteiger partial charge >= 0.3 is 6.09 Å². The summed E-state index contributed by atoms with van der Waals surface area (Å²) >= 11 is 0. The Morgan fingerprint density at radius 1 is 1.20 bits per heavy atom. The second-order valence-corrected chi connectivity index (χ2v) is 2.95. The minimum atomic E-state index is -0.496. The normalized spacial score (nSPS) is 9.73. The Kier molecular flexibility index (Phi) is 4.59. The first-order valence-corrected chi connectivity index (χ1v) is 4.63. The van der Waals surface area contributed by atoms with E-state index in [1.165, 1.54) is 4.90 Å². The average Bonchev–Trinajstić information content (AvgIpc) is 2.29. The molecule has 82 valence electrons. The van der Waals surface area contributed by atoms with Gasteiger partial charge in [-0.25, -0.2) is 4.79 Å². The van der Waals surface area contributed by atoms with Gasteiger partial charge in [0.05, 0.1) is 13.3 Å². The molecule has 0 radical (unpaired) electrons. The zero-order chi connectivity index (χ0) is 11.1. The molecule has 15 heavy (non-hydrogen) atoms. The van der Waals surface area contributed by atoms with Gasteiger partial charge in [-0.15, -0.1) is 0 Å². The van der Waals surface area contributed by atoms with Gasteiger partial charge in [-0.1, -0.05) is 30.3 Å². The van der Waals surface area contributed by atoms with Crippen LogP contribution in [0.4, 0.5) is 4.79 Å². The van der Waals surface area contributed by atoms with Crippen LogP contribution in [0.2, 0.25) is 0 Å². The van der Waals surface area contributed by atoms with Gasteiger partial charge in [-0.3, -0.25) is 4.90 Å². The van der Waals surface area contributed by atoms with E-state index in [9.17, 15) is 4.79 Å². The number of amides is 1. The molecule has 0 fully saturated rings. The van der Waals surface area contributed by atoms with Crippen molar-refractivity contribution in [3.8, 4) is 0 Å². The van der Waals surface area contributed by atoms with E-state index in [4.69, 9.17) is 16.2 Å². The molecule has 0 heterocycles. The Bertz CT molecular complexity index is 299. The first kappa shape index (κ1) is 11.5. The maximum atomic E-state index is 11.3. The van der Waals surface area contributed by atoms with Gasteiger partial charge < -0.3 is 16.2 Å². The molecule has 0 aliphatic heterocycles. The molecule has 5 heteroatoms. The molecule has 0 bridgehead atoms. The molecule has 0 aromatic heterocycles. The van der Waals surface area contributed by atoms with Gasteiger partial charge in [0.1, 0.15) is 6.61 Å². The fourth-order valence-corrected chi connectivity index (χ4v) is 1.03. The minimum Gasteiger partial charge on any atom is -0.444 e. The third-order valence-corrected chi connectivity index (χ3v) is 1.90. The van der Waals surface area contributed by atoms with Crippen molar-refractivity contribution in [2.24, 2.45) is 11.5 Å². The largest absolute Gasteiger partial charge is 0.444 e. The van der Waals surface area contributed by atoms with Crippen molar-refractivity contribution in [2.45, 2.75) is 6.61 Å². The smallest absolute Gasteiger partial charge is 0.412 e. The van der Waals surface area contributed by atoms with Crippen molar-refractivity contribution >= 4 is 6.09 Å². The Labute approximate surface area is 88.6 Å². The van der Waals surface area contributed by atoms with Crippen LogP contribution in [-0.4, -0.2) is 24.3 Å². The molecular weight excluding hydrogens is 194 g/mol. The zero-order valence-corrected chi connectivity index (χ0v) is 8.43. The van der Waals surface area contributed by atoms with Crippen molar-refractivity contribution in [1.29, 1.82) is 0 Å². The standard InChI is InChI=1S/C10H15N3O2/c11-7-13(8-12)10(14)15-6-9-4-2-1-3-5-9/h1-5H,6-8,11-12H2. The highest BCUT2D eigenvalue weighted by Crippen LogP contribution is 2.01. The fraction of sp³-hybridized carbons (Fsp3) is 0.300. The quantitative estimate of drug-likeness (QED) is 0.706. The molecule has 1 rings (SSSR count). The third kappa shape index (κ3) is 3.57. The number of nitrogens with zero attached hydrogens (tertiary/aromatic N) is 1. The highest BCUT2D eigenvalue weighted by atomic mass is 16.6. The first-order valence-electron chi connectivity index (χ1n) is 4.63. The van der Waals surface area contributed by atoms with Gasteiger partial charge in [-0.2, -0.15) is 0 Å². The number of ether oxygens (including phenoxy) is 1. The summed E-state index contributed by atoms with van der Waals surface area (Å²) in [7, 11) is 0. The topological polar surface area (TPSA) is 81.6 Å². The summed E-state index contributed by atoms with van der Waals surface area (Å²) in [4.78, 5) is 12.5. The van der Waals surface area contributed by atoms with Crippen LogP contribution in [-0.2, 0) is 11.3 Å². The van der Waals surface area contributed by atoms with E-state index in [-0.39, 0.29) is 19.9 Å². The van der Waals surface area contributed by atoms with E-state index < -0.39 is 6.09 Å². The van der Waals surface area contributed by atoms with Crippen molar-refractivity contribution in [2.75, 3.05) is 13.3 Å². The second kappa shape index (κ2) is 6.00. The highest BCUT2D eigenvalue weighted by molar-refractivity contribution is 5.67. The van der Waals surface area contributed by atoms with Gasteiger partial charge in [0.15, 0.2) is 0 Å². The number of benzene rings is 1. The van der Waals surface area contributed by atoms with Crippen LogP contribution in [0.15, 0.2) is 30.3 Å². The molecule has 0 spiro atoms. The molecule has 1 aromatic rings. The van der Waals surface area contributed by atoms with E-state index in [2.05, 4.69) is 0 Å². The summed E-state index contributed by atoms with van der Waals surface area (Å²) in [6, 6.07) is 9.42. The number of carbonyl (C=O) groups excluding carboxylic acids is 1. The SMILES string of the molecule is NCN(CN)C(=O)OCc1ccccc1. The molecule has 0 atom stereocenters. The molecule has 0 unspecified atom stereocenters. The lowest BCUT2D eigenvalue weighted by Gasteiger charge is -2.17. The van der Waals surface area contributed by atoms with Crippen LogP contribution >= 0.6 is 0 Å². The fourth-order valence-electron chi connectivity index (χ4n) is 1.03. The maximum Gasteiger partial charge on any atom is 0.412 e. The van der Waals surface area contributed by atoms with Crippen LogP contribution in [0.1, 0.15) is 5.56 Å². The third-order valence-electron chi connectivity index (χ3n) is 1.90. The molecule has 0 aliphatic carbocycles. The van der Waals surface area contributed by atoms with Crippen molar-refractivity contribution in [3.63, 3.8) is 0 Å². The van der Waals surface area contributed by atoms with Crippen LogP contribution in [0.3, 0.4) is 0 Å². The number of nitrogens with two attached hydrogens (primary N) is 2. The second-order valence-electron chi connectivity index (χ2n) is 2.95. The number of hydrogen-bond acceptors (Lipinski definition) is 4. The van der Waals surface area contributed by atoms with Gasteiger partial charge in [0, 0.05) is 0 Å². The van der Waals surface area contributed by atoms with Crippen molar-refractivity contribution < 1.29 is 9.53 Å². The predicted octanol–water partition coefficient (Wildman–Crippen LogP) is 0.458. The van der Waals surface area contributed by atoms with E-state index in [0.717, 1.165) is 5.56 Å². The van der Waals surface area contributed by atoms with E-state index >= 15 is 0 Å². The highest BCUT2D eigenvalue weighted by Gasteiger charge is 2.10. The summed E-state index contributed by atoms with van der Waals surface area (Å²) in [5.74, 6) is 0. The van der Waals surface area contributed by atoms with Crippen molar-refractivity contribution in [3.05, 3.63) is 35.9 Å². The van der Waals surface area contributed by atoms with E-state index in [1.807, 2.05) is 30.3 Å². The summed E-state index contributed by atoms with van der Waals surface area (Å²) in [5.41, 5.74) is 11.5. The lowest BCUT2D eigenvalue weighted by atomic mass is 10.2. The summed E-state index contributed by atoms with van der Waals surface area (Å²) in [5, 5.41) is 0. The minimum absolute atomic E-state index is 0.0596. The van der Waals surface area contributed by atoms with Crippen LogP contribution < -0.4 is 11.5 Å². The Balaban J connectivity index is 2.40. The summed E-state index contributed by atoms with van der Waals surface area (Å²) < 4.78 is 5.00. The molecule has 4 N–H and O–H groups in total. The summed E-state index contributed by atoms with van der Waals surface area (Å²) in [6.45, 7) is 0.352. The molecule has 1 amide bonds. The molecule has 1 aromatic carbocycles. The Morgan fingerprint density at radius 2 is 1.80 bits per heavy atom. The van der Waals surface area contributed by atoms with Gasteiger partial charge in [0.25, 0.3) is 0 Å². The Morgan fingerprint density at radius 3 is 2.33 bits per heavy atom. The Hall–Kier alpha value is -1.59. The zero-order valence-electron chi connectivity index (χ0n) is 8.43. The first-order chi connectivity index (χ1) is 7.27. The van der Waals surface area contributed by atoms with Crippen LogP contribution in [0.5, 0.6) is 0 Å². The lowest BCUT2D eigenvalue weighted by Crippen LogP contribution is -2.40. The monoisotopic (exact) mass is 209 g/mol. The molecule has 5 nitrogen and oxygen atoms in total. The van der Waals surface area contributed by atoms with E-state index in [0.29, 0.717) is 0 Å². The van der Waals surface area contributed by atoms with Gasteiger partial charge in [-0.05, 0) is 5.56 Å². The summed E-state index contributed by atoms with van der Waals surface area (Å²) in [6.07, 6.45) is -0.496. The maximum absolute atomic E-state index is 11.3. The molecule has 0 saturated carbocycles. The number of carbonyl (C=O) groups is 1. The van der Waals surface area contributed by atoms with Crippen LogP contribution in [0, 0.1) is 0 Å². The van der Waals surface area contributed by atoms with Gasteiger partial charge in [0.2, 0.25) is 0 Å². The van der Waals surface area contributed by atoms with E-state index in [1.54, 1.807) is 0 Å². The average molecular weight is 209 g/mol. The predicted molar refractivity (Wildman–Crippen MR) is 56.6 cm³/mol. The van der Waals surface area contributed by atoms with Crippen molar-refractivity contribution in [1.82, 2.24) is 4.90 Å². The molecule has 0 saturated heterocycles. The number of rotatable bonds is 4.